The molecule has 0 aromatic carbocycles. The van der Waals surface area contributed by atoms with Crippen LogP contribution in [0.1, 0.15) is 206 Å². The van der Waals surface area contributed by atoms with E-state index < -0.39 is 0 Å². The summed E-state index contributed by atoms with van der Waals surface area (Å²) in [5.41, 5.74) is 0. The molecular weight excluding hydrogens is 450 g/mol. The Kier molecular flexibility index (Phi) is 33.1. The van der Waals surface area contributed by atoms with Crippen LogP contribution in [0.4, 0.5) is 0 Å². The third-order valence-electron chi connectivity index (χ3n) is 7.99. The molecule has 1 N–H and O–H groups in total. The summed E-state index contributed by atoms with van der Waals surface area (Å²) in [5.74, 6) is 0. The van der Waals surface area contributed by atoms with Crippen molar-refractivity contribution < 1.29 is 5.21 Å². The minimum absolute atomic E-state index is 0.785. The van der Waals surface area contributed by atoms with Crippen molar-refractivity contribution in [2.45, 2.75) is 206 Å². The van der Waals surface area contributed by atoms with Crippen LogP contribution in [0.3, 0.4) is 0 Å². The van der Waals surface area contributed by atoms with E-state index in [1.165, 1.54) is 185 Å². The monoisotopic (exact) mass is 522 g/mol. The Morgan fingerprint density at radius 2 is 0.649 bits per heavy atom. The lowest BCUT2D eigenvalue weighted by atomic mass is 10.0. The van der Waals surface area contributed by atoms with E-state index in [2.05, 4.69) is 19.9 Å². The van der Waals surface area contributed by atoms with Gasteiger partial charge < -0.3 is 0 Å². The van der Waals surface area contributed by atoms with Gasteiger partial charge in [0.1, 0.15) is 0 Å². The van der Waals surface area contributed by atoms with Crippen molar-refractivity contribution in [1.82, 2.24) is 5.06 Å². The summed E-state index contributed by atoms with van der Waals surface area (Å²) < 4.78 is 0. The van der Waals surface area contributed by atoms with Gasteiger partial charge in [0.25, 0.3) is 0 Å². The number of hydroxylamine groups is 2. The molecule has 0 aliphatic heterocycles. The van der Waals surface area contributed by atoms with Crippen molar-refractivity contribution in [2.75, 3.05) is 6.54 Å². The zero-order valence-corrected chi connectivity index (χ0v) is 26.0. The Morgan fingerprint density at radius 1 is 0.378 bits per heavy atom. The minimum atomic E-state index is 0.785. The van der Waals surface area contributed by atoms with Crippen molar-refractivity contribution in [3.63, 3.8) is 0 Å². The van der Waals surface area contributed by atoms with Gasteiger partial charge in [-0.3, -0.25) is 10.3 Å². The second-order valence-electron chi connectivity index (χ2n) is 11.9. The summed E-state index contributed by atoms with van der Waals surface area (Å²) in [6, 6.07) is 0. The van der Waals surface area contributed by atoms with Crippen molar-refractivity contribution in [3.05, 3.63) is 12.3 Å². The van der Waals surface area contributed by atoms with Crippen LogP contribution in [0.2, 0.25) is 0 Å². The number of hydrogen-bond acceptors (Lipinski definition) is 2. The van der Waals surface area contributed by atoms with E-state index in [0.29, 0.717) is 0 Å². The first kappa shape index (κ1) is 36.5. The molecule has 2 nitrogen and oxygen atoms in total. The van der Waals surface area contributed by atoms with Crippen LogP contribution in [0.25, 0.3) is 0 Å². The first-order valence-electron chi connectivity index (χ1n) is 17.4. The molecule has 0 radical (unpaired) electrons. The van der Waals surface area contributed by atoms with Gasteiger partial charge in [-0.05, 0) is 19.3 Å². The second-order valence-corrected chi connectivity index (χ2v) is 11.9. The molecular formula is C35H71NO. The average Bonchev–Trinajstić information content (AvgIpc) is 2.90. The molecule has 0 saturated heterocycles. The third-order valence-corrected chi connectivity index (χ3v) is 7.99. The van der Waals surface area contributed by atoms with Gasteiger partial charge in [-0.1, -0.05) is 193 Å². The molecule has 0 aliphatic carbocycles. The SMILES string of the molecule is CCCCCCCCCCCCCCCCC=CN(O)CCCCCCCCCCCCCCCCC. The van der Waals surface area contributed by atoms with E-state index in [0.717, 1.165) is 19.4 Å². The Hall–Kier alpha value is -0.500. The lowest BCUT2D eigenvalue weighted by molar-refractivity contribution is -0.0420. The highest BCUT2D eigenvalue weighted by Crippen LogP contribution is 2.15. The van der Waals surface area contributed by atoms with Gasteiger partial charge in [-0.2, -0.15) is 0 Å². The third kappa shape index (κ3) is 33.5. The Balaban J connectivity index is 3.20. The quantitative estimate of drug-likeness (QED) is 0.0702. The molecule has 222 valence electrons. The highest BCUT2D eigenvalue weighted by atomic mass is 16.5. The molecule has 0 aliphatic rings. The smallest absolute Gasteiger partial charge is 0.0446 e. The second kappa shape index (κ2) is 33.5. The lowest BCUT2D eigenvalue weighted by Gasteiger charge is -2.11. The largest absolute Gasteiger partial charge is 0.289 e. The maximum atomic E-state index is 10.0. The molecule has 0 rings (SSSR count). The molecule has 0 unspecified atom stereocenters. The standard InChI is InChI=1S/C35H71NO/c1-3-5-7-9-11-13-15-17-19-21-23-25-27-29-31-33-35-36(37)34-32-30-28-26-24-22-20-18-16-14-12-10-8-6-4-2/h33,35,37H,3-32,34H2,1-2H3. The highest BCUT2D eigenvalue weighted by molar-refractivity contribution is 4.78. The summed E-state index contributed by atoms with van der Waals surface area (Å²) in [5, 5.41) is 11.4. The molecule has 0 bridgehead atoms. The van der Waals surface area contributed by atoms with Gasteiger partial charge in [-0.25, -0.2) is 0 Å². The van der Waals surface area contributed by atoms with E-state index in [-0.39, 0.29) is 0 Å². The molecule has 0 fully saturated rings. The molecule has 0 atom stereocenters. The number of rotatable bonds is 32. The van der Waals surface area contributed by atoms with Gasteiger partial charge in [-0.15, -0.1) is 0 Å². The highest BCUT2D eigenvalue weighted by Gasteiger charge is 1.97. The van der Waals surface area contributed by atoms with Crippen molar-refractivity contribution in [3.8, 4) is 0 Å². The average molecular weight is 522 g/mol. The van der Waals surface area contributed by atoms with E-state index in [1.54, 1.807) is 0 Å². The Labute approximate surface area is 235 Å². The minimum Gasteiger partial charge on any atom is -0.289 e. The summed E-state index contributed by atoms with van der Waals surface area (Å²) >= 11 is 0. The number of hydrogen-bond donors (Lipinski definition) is 1. The van der Waals surface area contributed by atoms with Crippen LogP contribution in [0.15, 0.2) is 12.3 Å². The van der Waals surface area contributed by atoms with E-state index >= 15 is 0 Å². The molecule has 0 saturated carbocycles. The first-order valence-corrected chi connectivity index (χ1v) is 17.4. The maximum Gasteiger partial charge on any atom is 0.0446 e. The van der Waals surface area contributed by atoms with E-state index in [1.807, 2.05) is 6.20 Å². The predicted octanol–water partition coefficient (Wildman–Crippen LogP) is 12.9. The molecule has 0 aromatic heterocycles. The molecule has 0 heterocycles. The fourth-order valence-corrected chi connectivity index (χ4v) is 5.37. The van der Waals surface area contributed by atoms with Gasteiger partial charge in [0, 0.05) is 12.7 Å². The van der Waals surface area contributed by atoms with Crippen LogP contribution in [0, 0.1) is 0 Å². The summed E-state index contributed by atoms with van der Waals surface area (Å²) in [6.45, 7) is 5.37. The van der Waals surface area contributed by atoms with Crippen LogP contribution in [0.5, 0.6) is 0 Å². The van der Waals surface area contributed by atoms with Crippen LogP contribution >= 0.6 is 0 Å². The van der Waals surface area contributed by atoms with Crippen LogP contribution < -0.4 is 0 Å². The van der Waals surface area contributed by atoms with Crippen molar-refractivity contribution in [1.29, 1.82) is 0 Å². The van der Waals surface area contributed by atoms with Gasteiger partial charge >= 0.3 is 0 Å². The normalized spacial score (nSPS) is 11.6. The fraction of sp³-hybridized carbons (Fsp3) is 0.943. The molecule has 2 heteroatoms. The number of nitrogens with zero attached hydrogens (tertiary/aromatic N) is 1. The summed E-state index contributed by atoms with van der Waals surface area (Å²) in [4.78, 5) is 0. The first-order chi connectivity index (χ1) is 18.3. The van der Waals surface area contributed by atoms with E-state index in [4.69, 9.17) is 0 Å². The van der Waals surface area contributed by atoms with E-state index in [9.17, 15) is 5.21 Å². The lowest BCUT2D eigenvalue weighted by Crippen LogP contribution is -2.12. The Morgan fingerprint density at radius 3 is 0.973 bits per heavy atom. The van der Waals surface area contributed by atoms with Crippen molar-refractivity contribution >= 4 is 0 Å². The van der Waals surface area contributed by atoms with Gasteiger partial charge in [0.15, 0.2) is 0 Å². The predicted molar refractivity (Wildman–Crippen MR) is 167 cm³/mol. The molecule has 0 amide bonds. The number of unbranched alkanes of at least 4 members (excludes halogenated alkanes) is 28. The maximum absolute atomic E-state index is 10.0. The van der Waals surface area contributed by atoms with Gasteiger partial charge in [0.2, 0.25) is 0 Å². The zero-order valence-electron chi connectivity index (χ0n) is 26.0. The molecule has 0 aromatic rings. The summed E-state index contributed by atoms with van der Waals surface area (Å²) in [6.07, 6.45) is 45.7. The summed E-state index contributed by atoms with van der Waals surface area (Å²) in [7, 11) is 0. The fourth-order valence-electron chi connectivity index (χ4n) is 5.37. The Bertz CT molecular complexity index is 421. The van der Waals surface area contributed by atoms with Crippen LogP contribution in [-0.4, -0.2) is 16.8 Å². The van der Waals surface area contributed by atoms with Crippen LogP contribution in [-0.2, 0) is 0 Å². The zero-order chi connectivity index (χ0) is 26.9. The topological polar surface area (TPSA) is 23.5 Å². The van der Waals surface area contributed by atoms with Gasteiger partial charge in [0.05, 0.1) is 0 Å². The van der Waals surface area contributed by atoms with Crippen molar-refractivity contribution in [2.24, 2.45) is 0 Å². The number of allylic oxidation sites excluding steroid dienone is 1. The molecule has 0 spiro atoms. The molecule has 37 heavy (non-hydrogen) atoms.